The van der Waals surface area contributed by atoms with Crippen LogP contribution in [0.25, 0.3) is 0 Å². The number of hydrogen-bond donors (Lipinski definition) is 2. The van der Waals surface area contributed by atoms with E-state index in [9.17, 15) is 14.7 Å². The van der Waals surface area contributed by atoms with Crippen LogP contribution in [0.1, 0.15) is 38.3 Å². The van der Waals surface area contributed by atoms with E-state index in [2.05, 4.69) is 5.32 Å². The molecule has 0 bridgehead atoms. The van der Waals surface area contributed by atoms with E-state index in [-0.39, 0.29) is 19.1 Å². The zero-order valence-corrected chi connectivity index (χ0v) is 15.5. The highest BCUT2D eigenvalue weighted by molar-refractivity contribution is 5.90. The minimum absolute atomic E-state index is 0.200. The molecule has 1 fully saturated rings. The van der Waals surface area contributed by atoms with Crippen molar-refractivity contribution in [3.8, 4) is 5.75 Å². The topological polar surface area (TPSA) is 84.9 Å². The first-order valence-electron chi connectivity index (χ1n) is 8.50. The lowest BCUT2D eigenvalue weighted by molar-refractivity contribution is -0.194. The number of aryl methyl sites for hydroxylation is 2. The normalized spacial score (nSPS) is 24.3. The Morgan fingerprint density at radius 1 is 1.32 bits per heavy atom. The van der Waals surface area contributed by atoms with E-state index in [0.29, 0.717) is 12.4 Å². The number of carbonyl (C=O) groups is 2. The molecule has 25 heavy (non-hydrogen) atoms. The molecule has 1 aromatic rings. The first kappa shape index (κ1) is 19.2. The van der Waals surface area contributed by atoms with Gasteiger partial charge in [0.05, 0.1) is 6.10 Å². The Morgan fingerprint density at radius 3 is 2.56 bits per heavy atom. The van der Waals surface area contributed by atoms with Crippen LogP contribution in [0.4, 0.5) is 0 Å². The monoisotopic (exact) mass is 349 g/mol. The number of benzene rings is 1. The van der Waals surface area contributed by atoms with Crippen molar-refractivity contribution in [3.05, 3.63) is 29.3 Å². The van der Waals surface area contributed by atoms with Crippen LogP contribution in [-0.2, 0) is 14.3 Å². The summed E-state index contributed by atoms with van der Waals surface area (Å²) in [6, 6.07) is 5.74. The van der Waals surface area contributed by atoms with Gasteiger partial charge in [-0.3, -0.25) is 4.79 Å². The second-order valence-corrected chi connectivity index (χ2v) is 7.19. The Morgan fingerprint density at radius 2 is 2.00 bits per heavy atom. The van der Waals surface area contributed by atoms with Crippen LogP contribution in [0.5, 0.6) is 5.75 Å². The maximum atomic E-state index is 12.3. The van der Waals surface area contributed by atoms with Gasteiger partial charge in [0, 0.05) is 18.4 Å². The summed E-state index contributed by atoms with van der Waals surface area (Å²) >= 11 is 0. The lowest BCUT2D eigenvalue weighted by Crippen LogP contribution is -2.76. The van der Waals surface area contributed by atoms with Crippen molar-refractivity contribution in [1.29, 1.82) is 0 Å². The van der Waals surface area contributed by atoms with Crippen molar-refractivity contribution in [2.75, 3.05) is 13.2 Å². The molecule has 0 spiro atoms. The summed E-state index contributed by atoms with van der Waals surface area (Å²) in [5, 5.41) is 12.4. The number of rotatable bonds is 7. The molecule has 2 N–H and O–H groups in total. The van der Waals surface area contributed by atoms with E-state index in [1.54, 1.807) is 13.8 Å². The third kappa shape index (κ3) is 3.49. The zero-order chi connectivity index (χ0) is 18.8. The van der Waals surface area contributed by atoms with Crippen molar-refractivity contribution in [2.24, 2.45) is 5.41 Å². The Labute approximate surface area is 148 Å². The predicted octanol–water partition coefficient (Wildman–Crippen LogP) is 2.46. The third-order valence-electron chi connectivity index (χ3n) is 5.18. The lowest BCUT2D eigenvalue weighted by Gasteiger charge is -2.58. The largest absolute Gasteiger partial charge is 0.483 e. The SMILES string of the molecule is CCOC1CC(NC(=O)COc2cc(C)ccc2C)(C(=O)O)C1(C)C. The molecule has 1 aromatic carbocycles. The molecule has 2 unspecified atom stereocenters. The Balaban J connectivity index is 2.05. The van der Waals surface area contributed by atoms with Crippen LogP contribution in [0.2, 0.25) is 0 Å². The van der Waals surface area contributed by atoms with Gasteiger partial charge in [-0.1, -0.05) is 26.0 Å². The van der Waals surface area contributed by atoms with Crippen LogP contribution in [0.3, 0.4) is 0 Å². The van der Waals surface area contributed by atoms with Crippen LogP contribution in [-0.4, -0.2) is 41.8 Å². The van der Waals surface area contributed by atoms with Gasteiger partial charge in [-0.25, -0.2) is 4.79 Å². The van der Waals surface area contributed by atoms with Gasteiger partial charge in [-0.15, -0.1) is 0 Å². The summed E-state index contributed by atoms with van der Waals surface area (Å²) in [7, 11) is 0. The average molecular weight is 349 g/mol. The van der Waals surface area contributed by atoms with Crippen LogP contribution in [0, 0.1) is 19.3 Å². The first-order chi connectivity index (χ1) is 11.6. The summed E-state index contributed by atoms with van der Waals surface area (Å²) in [5.41, 5.74) is -0.0898. The molecule has 0 aromatic heterocycles. The van der Waals surface area contributed by atoms with Crippen molar-refractivity contribution < 1.29 is 24.2 Å². The van der Waals surface area contributed by atoms with Crippen molar-refractivity contribution >= 4 is 11.9 Å². The average Bonchev–Trinajstić information content (AvgIpc) is 2.54. The van der Waals surface area contributed by atoms with Gasteiger partial charge in [0.2, 0.25) is 0 Å². The molecular weight excluding hydrogens is 322 g/mol. The molecule has 2 atom stereocenters. The molecule has 1 amide bonds. The van der Waals surface area contributed by atoms with Gasteiger partial charge < -0.3 is 19.9 Å². The number of carbonyl (C=O) groups excluding carboxylic acids is 1. The maximum Gasteiger partial charge on any atom is 0.330 e. The highest BCUT2D eigenvalue weighted by Crippen LogP contribution is 2.51. The molecule has 6 heteroatoms. The molecule has 0 aliphatic heterocycles. The first-order valence-corrected chi connectivity index (χ1v) is 8.50. The van der Waals surface area contributed by atoms with Crippen molar-refractivity contribution in [1.82, 2.24) is 5.32 Å². The summed E-state index contributed by atoms with van der Waals surface area (Å²) < 4.78 is 11.2. The fourth-order valence-corrected chi connectivity index (χ4v) is 3.32. The minimum Gasteiger partial charge on any atom is -0.483 e. The number of aliphatic carboxylic acids is 1. The van der Waals surface area contributed by atoms with E-state index >= 15 is 0 Å². The number of hydrogen-bond acceptors (Lipinski definition) is 4. The summed E-state index contributed by atoms with van der Waals surface area (Å²) in [6.45, 7) is 9.59. The highest BCUT2D eigenvalue weighted by Gasteiger charge is 2.66. The predicted molar refractivity (Wildman–Crippen MR) is 93.7 cm³/mol. The molecule has 6 nitrogen and oxygen atoms in total. The molecule has 1 aliphatic carbocycles. The summed E-state index contributed by atoms with van der Waals surface area (Å²) in [4.78, 5) is 24.2. The number of amides is 1. The molecular formula is C19H27NO5. The Kier molecular flexibility index (Phi) is 5.42. The second-order valence-electron chi connectivity index (χ2n) is 7.19. The molecule has 0 radical (unpaired) electrons. The van der Waals surface area contributed by atoms with E-state index < -0.39 is 22.8 Å². The second kappa shape index (κ2) is 7.04. The lowest BCUT2D eigenvalue weighted by atomic mass is 9.54. The zero-order valence-electron chi connectivity index (χ0n) is 15.5. The van der Waals surface area contributed by atoms with Gasteiger partial charge in [-0.2, -0.15) is 0 Å². The number of carboxylic acid groups (broad SMARTS) is 1. The number of ether oxygens (including phenoxy) is 2. The smallest absolute Gasteiger partial charge is 0.330 e. The van der Waals surface area contributed by atoms with E-state index in [0.717, 1.165) is 11.1 Å². The van der Waals surface area contributed by atoms with Gasteiger partial charge in [0.1, 0.15) is 11.3 Å². The van der Waals surface area contributed by atoms with Gasteiger partial charge in [-0.05, 0) is 38.0 Å². The summed E-state index contributed by atoms with van der Waals surface area (Å²) in [5.74, 6) is -0.876. The minimum atomic E-state index is -1.34. The van der Waals surface area contributed by atoms with E-state index in [4.69, 9.17) is 9.47 Å². The third-order valence-corrected chi connectivity index (χ3v) is 5.18. The number of nitrogens with one attached hydrogen (secondary N) is 1. The highest BCUT2D eigenvalue weighted by atomic mass is 16.5. The van der Waals surface area contributed by atoms with E-state index in [1.165, 1.54) is 0 Å². The van der Waals surface area contributed by atoms with E-state index in [1.807, 2.05) is 39.0 Å². The van der Waals surface area contributed by atoms with Gasteiger partial charge in [0.15, 0.2) is 6.61 Å². The number of carboxylic acids is 1. The molecule has 138 valence electrons. The Hall–Kier alpha value is -2.08. The van der Waals surface area contributed by atoms with Crippen LogP contribution >= 0.6 is 0 Å². The standard InChI is InChI=1S/C19H27NO5/c1-6-24-15-10-19(17(22)23,18(15,4)5)20-16(21)11-25-14-9-12(2)7-8-13(14)3/h7-9,15H,6,10-11H2,1-5H3,(H,20,21)(H,22,23). The maximum absolute atomic E-state index is 12.3. The van der Waals surface area contributed by atoms with Crippen molar-refractivity contribution in [3.63, 3.8) is 0 Å². The fourth-order valence-electron chi connectivity index (χ4n) is 3.32. The fraction of sp³-hybridized carbons (Fsp3) is 0.579. The molecule has 0 saturated heterocycles. The molecule has 0 heterocycles. The van der Waals surface area contributed by atoms with Crippen molar-refractivity contribution in [2.45, 2.75) is 52.7 Å². The molecule has 1 aliphatic rings. The van der Waals surface area contributed by atoms with Gasteiger partial charge >= 0.3 is 5.97 Å². The molecule has 1 saturated carbocycles. The summed E-state index contributed by atoms with van der Waals surface area (Å²) in [6.07, 6.45) is 0.0482. The quantitative estimate of drug-likeness (QED) is 0.790. The van der Waals surface area contributed by atoms with Crippen LogP contribution in [0.15, 0.2) is 18.2 Å². The van der Waals surface area contributed by atoms with Gasteiger partial charge in [0.25, 0.3) is 5.91 Å². The molecule has 2 rings (SSSR count). The Bertz CT molecular complexity index is 670. The van der Waals surface area contributed by atoms with Crippen LogP contribution < -0.4 is 10.1 Å².